The lowest BCUT2D eigenvalue weighted by Gasteiger charge is -2.14. The number of carbonyl (C=O) groups is 1. The van der Waals surface area contributed by atoms with Gasteiger partial charge in [-0.1, -0.05) is 40.2 Å². The fourth-order valence-electron chi connectivity index (χ4n) is 1.95. The second-order valence-electron chi connectivity index (χ2n) is 4.81. The number of rotatable bonds is 4. The van der Waals surface area contributed by atoms with E-state index in [4.69, 9.17) is 28.0 Å². The van der Waals surface area contributed by atoms with Gasteiger partial charge in [0.15, 0.2) is 0 Å². The molecule has 0 aliphatic heterocycles. The summed E-state index contributed by atoms with van der Waals surface area (Å²) in [6.07, 6.45) is -0.799. The third-order valence-corrected chi connectivity index (χ3v) is 3.69. The average Bonchev–Trinajstić information content (AvgIpc) is 2.93. The normalized spacial score (nSPS) is 12.1. The van der Waals surface area contributed by atoms with E-state index in [1.54, 1.807) is 37.3 Å². The van der Waals surface area contributed by atoms with Gasteiger partial charge in [-0.25, -0.2) is 0 Å². The molecule has 0 spiro atoms. The summed E-state index contributed by atoms with van der Waals surface area (Å²) in [5.41, 5.74) is 1.82. The standard InChI is InChI=1S/C15H12Cl2N4O2/c1-9(15(22)18-12-7-6-10(16)8-11(12)17)23-21-14-5-3-2-4-13(14)19-20-21/h2-9H,1H3,(H,18,22)/t9-/m0/s1. The number of carbonyl (C=O) groups excluding carboxylic acids is 1. The molecule has 3 aromatic rings. The molecule has 6 nitrogen and oxygen atoms in total. The van der Waals surface area contributed by atoms with Crippen molar-refractivity contribution in [1.29, 1.82) is 0 Å². The Hall–Kier alpha value is -2.31. The van der Waals surface area contributed by atoms with Crippen LogP contribution in [0.2, 0.25) is 10.0 Å². The number of fused-ring (bicyclic) bond motifs is 1. The van der Waals surface area contributed by atoms with E-state index < -0.39 is 6.10 Å². The van der Waals surface area contributed by atoms with E-state index in [9.17, 15) is 4.79 Å². The molecule has 23 heavy (non-hydrogen) atoms. The molecule has 0 saturated carbocycles. The lowest BCUT2D eigenvalue weighted by molar-refractivity contribution is -0.127. The highest BCUT2D eigenvalue weighted by Crippen LogP contribution is 2.25. The fourth-order valence-corrected chi connectivity index (χ4v) is 2.40. The predicted octanol–water partition coefficient (Wildman–Crippen LogP) is 3.19. The molecule has 1 aromatic heterocycles. The minimum absolute atomic E-state index is 0.351. The largest absolute Gasteiger partial charge is 0.382 e. The Balaban J connectivity index is 1.72. The van der Waals surface area contributed by atoms with E-state index in [1.807, 2.05) is 12.1 Å². The number of aromatic nitrogens is 3. The molecule has 1 N–H and O–H groups in total. The second kappa shape index (κ2) is 6.44. The van der Waals surface area contributed by atoms with Crippen LogP contribution in [0.4, 0.5) is 5.69 Å². The van der Waals surface area contributed by atoms with Gasteiger partial charge in [0.05, 0.1) is 10.7 Å². The van der Waals surface area contributed by atoms with Crippen molar-refractivity contribution in [1.82, 2.24) is 15.2 Å². The topological polar surface area (TPSA) is 69.0 Å². The van der Waals surface area contributed by atoms with Crippen LogP contribution in [-0.2, 0) is 4.79 Å². The third kappa shape index (κ3) is 3.38. The SMILES string of the molecule is C[C@H](On1nnc2ccccc21)C(=O)Nc1ccc(Cl)cc1Cl. The van der Waals surface area contributed by atoms with Crippen LogP contribution < -0.4 is 10.2 Å². The number of anilines is 1. The predicted molar refractivity (Wildman–Crippen MR) is 88.7 cm³/mol. The van der Waals surface area contributed by atoms with E-state index in [-0.39, 0.29) is 5.91 Å². The minimum Gasteiger partial charge on any atom is -0.382 e. The van der Waals surface area contributed by atoms with Gasteiger partial charge in [-0.3, -0.25) is 4.79 Å². The van der Waals surface area contributed by atoms with Crippen LogP contribution >= 0.6 is 23.2 Å². The second-order valence-corrected chi connectivity index (χ2v) is 5.66. The number of amides is 1. The van der Waals surface area contributed by atoms with Gasteiger partial charge in [-0.15, -0.1) is 5.10 Å². The van der Waals surface area contributed by atoms with Crippen molar-refractivity contribution in [2.24, 2.45) is 0 Å². The summed E-state index contributed by atoms with van der Waals surface area (Å²) in [7, 11) is 0. The number of halogens is 2. The Kier molecular flexibility index (Phi) is 4.36. The van der Waals surface area contributed by atoms with Crippen molar-refractivity contribution in [3.05, 3.63) is 52.5 Å². The van der Waals surface area contributed by atoms with Crippen molar-refractivity contribution in [2.75, 3.05) is 5.32 Å². The Morgan fingerprint density at radius 1 is 1.26 bits per heavy atom. The summed E-state index contributed by atoms with van der Waals surface area (Å²) in [5.74, 6) is -0.367. The smallest absolute Gasteiger partial charge is 0.268 e. The summed E-state index contributed by atoms with van der Waals surface area (Å²) in [6.45, 7) is 1.61. The molecule has 0 bridgehead atoms. The summed E-state index contributed by atoms with van der Waals surface area (Å²) in [5, 5.41) is 11.4. The molecule has 0 saturated heterocycles. The Labute approximate surface area is 141 Å². The number of nitrogens with zero attached hydrogens (tertiary/aromatic N) is 3. The minimum atomic E-state index is -0.799. The first-order valence-corrected chi connectivity index (χ1v) is 7.53. The molecule has 2 aromatic carbocycles. The molecule has 0 fully saturated rings. The number of benzene rings is 2. The van der Waals surface area contributed by atoms with E-state index in [0.717, 1.165) is 0 Å². The first-order valence-electron chi connectivity index (χ1n) is 6.78. The molecule has 0 unspecified atom stereocenters. The number of para-hydroxylation sites is 1. The highest BCUT2D eigenvalue weighted by molar-refractivity contribution is 6.36. The monoisotopic (exact) mass is 350 g/mol. The fraction of sp³-hybridized carbons (Fsp3) is 0.133. The zero-order chi connectivity index (χ0) is 16.4. The molecule has 1 atom stereocenters. The molecule has 8 heteroatoms. The van der Waals surface area contributed by atoms with Crippen molar-refractivity contribution >= 4 is 45.8 Å². The number of hydrogen-bond acceptors (Lipinski definition) is 4. The third-order valence-electron chi connectivity index (χ3n) is 3.14. The molecule has 1 amide bonds. The van der Waals surface area contributed by atoms with Crippen LogP contribution in [-0.4, -0.2) is 27.2 Å². The quantitative estimate of drug-likeness (QED) is 0.784. The van der Waals surface area contributed by atoms with E-state index in [1.165, 1.54) is 4.85 Å². The molecular formula is C15H12Cl2N4O2. The molecule has 1 heterocycles. The van der Waals surface area contributed by atoms with Gasteiger partial charge in [0.1, 0.15) is 11.0 Å². The molecule has 0 aliphatic carbocycles. The van der Waals surface area contributed by atoms with Gasteiger partial charge < -0.3 is 10.2 Å². The zero-order valence-electron chi connectivity index (χ0n) is 12.0. The van der Waals surface area contributed by atoms with Gasteiger partial charge in [-0.2, -0.15) is 0 Å². The van der Waals surface area contributed by atoms with Gasteiger partial charge in [0, 0.05) is 5.02 Å². The summed E-state index contributed by atoms with van der Waals surface area (Å²) >= 11 is 11.9. The Morgan fingerprint density at radius 2 is 2.04 bits per heavy atom. The maximum atomic E-state index is 12.2. The zero-order valence-corrected chi connectivity index (χ0v) is 13.5. The van der Waals surface area contributed by atoms with Crippen molar-refractivity contribution in [3.8, 4) is 0 Å². The van der Waals surface area contributed by atoms with Crippen LogP contribution in [0.1, 0.15) is 6.92 Å². The lowest BCUT2D eigenvalue weighted by Crippen LogP contribution is -2.35. The van der Waals surface area contributed by atoms with Gasteiger partial charge >= 0.3 is 0 Å². The average molecular weight is 351 g/mol. The number of hydrogen-bond donors (Lipinski definition) is 1. The number of nitrogens with one attached hydrogen (secondary N) is 1. The van der Waals surface area contributed by atoms with Crippen molar-refractivity contribution in [3.63, 3.8) is 0 Å². The van der Waals surface area contributed by atoms with Crippen LogP contribution in [0, 0.1) is 0 Å². The molecule has 118 valence electrons. The molecule has 0 radical (unpaired) electrons. The molecular weight excluding hydrogens is 339 g/mol. The van der Waals surface area contributed by atoms with Crippen molar-refractivity contribution < 1.29 is 9.63 Å². The van der Waals surface area contributed by atoms with Gasteiger partial charge in [-0.05, 0) is 42.5 Å². The maximum absolute atomic E-state index is 12.2. The van der Waals surface area contributed by atoms with E-state index in [2.05, 4.69) is 15.6 Å². The first kappa shape index (κ1) is 15.6. The summed E-state index contributed by atoms with van der Waals surface area (Å²) < 4.78 is 0. The molecule has 0 aliphatic rings. The Bertz CT molecular complexity index is 866. The summed E-state index contributed by atoms with van der Waals surface area (Å²) in [6, 6.07) is 12.1. The first-order chi connectivity index (χ1) is 11.0. The van der Waals surface area contributed by atoms with E-state index >= 15 is 0 Å². The van der Waals surface area contributed by atoms with Crippen LogP contribution in [0.25, 0.3) is 11.0 Å². The maximum Gasteiger partial charge on any atom is 0.268 e. The summed E-state index contributed by atoms with van der Waals surface area (Å²) in [4.78, 5) is 19.0. The van der Waals surface area contributed by atoms with E-state index in [0.29, 0.717) is 26.8 Å². The van der Waals surface area contributed by atoms with Crippen LogP contribution in [0.15, 0.2) is 42.5 Å². The Morgan fingerprint density at radius 3 is 2.83 bits per heavy atom. The highest BCUT2D eigenvalue weighted by atomic mass is 35.5. The van der Waals surface area contributed by atoms with Crippen molar-refractivity contribution in [2.45, 2.75) is 13.0 Å². The van der Waals surface area contributed by atoms with Crippen LogP contribution in [0.5, 0.6) is 0 Å². The van der Waals surface area contributed by atoms with Crippen LogP contribution in [0.3, 0.4) is 0 Å². The van der Waals surface area contributed by atoms with Gasteiger partial charge in [0.25, 0.3) is 5.91 Å². The van der Waals surface area contributed by atoms with Gasteiger partial charge in [0.2, 0.25) is 6.10 Å². The lowest BCUT2D eigenvalue weighted by atomic mass is 10.3. The molecule has 3 rings (SSSR count). The highest BCUT2D eigenvalue weighted by Gasteiger charge is 2.18.